The molecule has 0 fully saturated rings. The van der Waals surface area contributed by atoms with Crippen LogP contribution < -0.4 is 0 Å². The summed E-state index contributed by atoms with van der Waals surface area (Å²) in [5, 5.41) is 15.4. The Balaban J connectivity index is 1.86. The van der Waals surface area contributed by atoms with Crippen LogP contribution in [0.15, 0.2) is 84.1 Å². The van der Waals surface area contributed by atoms with Gasteiger partial charge in [0.05, 0.1) is 35.1 Å². The van der Waals surface area contributed by atoms with E-state index in [0.717, 1.165) is 27.9 Å². The third-order valence-corrected chi connectivity index (χ3v) is 4.38. The van der Waals surface area contributed by atoms with Crippen molar-refractivity contribution in [3.05, 3.63) is 90.3 Å². The highest BCUT2D eigenvalue weighted by Crippen LogP contribution is 2.27. The van der Waals surface area contributed by atoms with Gasteiger partial charge in [-0.2, -0.15) is 5.10 Å². The van der Waals surface area contributed by atoms with Crippen molar-refractivity contribution in [2.75, 3.05) is 0 Å². The summed E-state index contributed by atoms with van der Waals surface area (Å²) in [4.78, 5) is 9.46. The topological polar surface area (TPSA) is 63.3 Å². The Hall–Kier alpha value is -3.31. The smallest absolute Gasteiger partial charge is 0.160 e. The number of aromatic nitrogens is 3. The molecule has 0 bridgehead atoms. The van der Waals surface area contributed by atoms with E-state index in [1.54, 1.807) is 30.9 Å². The molecule has 0 saturated heterocycles. The molecule has 0 unspecified atom stereocenters. The maximum absolute atomic E-state index is 10.1. The second-order valence-electron chi connectivity index (χ2n) is 7.37. The maximum atomic E-state index is 10.1. The molecule has 5 nitrogen and oxygen atoms in total. The van der Waals surface area contributed by atoms with Crippen LogP contribution in [0.2, 0.25) is 0 Å². The Morgan fingerprint density at radius 1 is 0.964 bits per heavy atom. The second-order valence-corrected chi connectivity index (χ2v) is 7.37. The molecule has 4 rings (SSSR count). The van der Waals surface area contributed by atoms with Crippen LogP contribution in [0.5, 0.6) is 0 Å². The Labute approximate surface area is 164 Å². The van der Waals surface area contributed by atoms with E-state index in [-0.39, 0.29) is 0 Å². The molecule has 2 heterocycles. The third-order valence-electron chi connectivity index (χ3n) is 4.38. The minimum atomic E-state index is -0.876. The van der Waals surface area contributed by atoms with Crippen molar-refractivity contribution in [3.8, 4) is 0 Å². The zero-order valence-electron chi connectivity index (χ0n) is 15.9. The molecule has 5 heteroatoms. The average molecular weight is 370 g/mol. The highest BCUT2D eigenvalue weighted by Gasteiger charge is 2.17. The second kappa shape index (κ2) is 7.37. The first kappa shape index (κ1) is 18.1. The molecular weight excluding hydrogens is 348 g/mol. The Bertz CT molecular complexity index is 1070. The summed E-state index contributed by atoms with van der Waals surface area (Å²) in [6.45, 7) is 3.87. The van der Waals surface area contributed by atoms with Crippen molar-refractivity contribution >= 4 is 22.4 Å². The molecule has 0 aliphatic rings. The zero-order chi connectivity index (χ0) is 19.6. The van der Waals surface area contributed by atoms with Crippen LogP contribution in [0.3, 0.4) is 0 Å². The van der Waals surface area contributed by atoms with Gasteiger partial charge in [-0.15, -0.1) is 0 Å². The number of aliphatic imine (C=N–C) groups is 1. The fraction of sp³-hybridized carbons (Fsp3) is 0.174. The summed E-state index contributed by atoms with van der Waals surface area (Å²) in [6.07, 6.45) is 3.50. The average Bonchev–Trinajstić information content (AvgIpc) is 3.09. The summed E-state index contributed by atoms with van der Waals surface area (Å²) in [5.41, 5.74) is 3.62. The predicted molar refractivity (Wildman–Crippen MR) is 112 cm³/mol. The van der Waals surface area contributed by atoms with Crippen LogP contribution in [0.25, 0.3) is 11.0 Å². The van der Waals surface area contributed by atoms with Crippen LogP contribution >= 0.6 is 0 Å². The molecule has 0 saturated carbocycles. The Morgan fingerprint density at radius 2 is 1.57 bits per heavy atom. The van der Waals surface area contributed by atoms with Gasteiger partial charge in [0, 0.05) is 17.3 Å². The molecule has 0 aliphatic carbocycles. The Kier molecular flexibility index (Phi) is 4.75. The summed E-state index contributed by atoms with van der Waals surface area (Å²) in [6, 6.07) is 22.2. The van der Waals surface area contributed by atoms with Crippen LogP contribution in [-0.4, -0.2) is 31.2 Å². The minimum absolute atomic E-state index is 0.362. The summed E-state index contributed by atoms with van der Waals surface area (Å²) in [7, 11) is 0. The van der Waals surface area contributed by atoms with Crippen LogP contribution in [0.1, 0.15) is 25.0 Å². The summed E-state index contributed by atoms with van der Waals surface area (Å²) >= 11 is 0. The molecule has 4 aromatic rings. The SMILES string of the molecule is CC(C)(O)Cn1ncc2c(N=C(c3ccccc3)c3ccccc3)ccnc21. The number of pyridine rings is 1. The first-order chi connectivity index (χ1) is 13.5. The maximum Gasteiger partial charge on any atom is 0.160 e. The van der Waals surface area contributed by atoms with E-state index in [0.29, 0.717) is 12.2 Å². The predicted octanol–water partition coefficient (Wildman–Crippen LogP) is 4.37. The molecule has 2 aromatic carbocycles. The fourth-order valence-corrected chi connectivity index (χ4v) is 3.15. The summed E-state index contributed by atoms with van der Waals surface area (Å²) in [5.74, 6) is 0. The van der Waals surface area contributed by atoms with Crippen molar-refractivity contribution in [1.29, 1.82) is 0 Å². The number of rotatable bonds is 5. The van der Waals surface area contributed by atoms with E-state index in [1.165, 1.54) is 0 Å². The summed E-state index contributed by atoms with van der Waals surface area (Å²) < 4.78 is 1.72. The van der Waals surface area contributed by atoms with Gasteiger partial charge in [-0.05, 0) is 19.9 Å². The minimum Gasteiger partial charge on any atom is -0.389 e. The van der Waals surface area contributed by atoms with E-state index >= 15 is 0 Å². The zero-order valence-corrected chi connectivity index (χ0v) is 15.9. The number of hydrogen-bond donors (Lipinski definition) is 1. The van der Waals surface area contributed by atoms with Gasteiger partial charge in [-0.1, -0.05) is 60.7 Å². The number of hydrogen-bond acceptors (Lipinski definition) is 4. The van der Waals surface area contributed by atoms with E-state index in [4.69, 9.17) is 4.99 Å². The number of nitrogens with zero attached hydrogens (tertiary/aromatic N) is 4. The van der Waals surface area contributed by atoms with Crippen molar-refractivity contribution in [2.45, 2.75) is 26.0 Å². The van der Waals surface area contributed by atoms with Crippen LogP contribution in [-0.2, 0) is 6.54 Å². The molecular formula is C23H22N4O. The van der Waals surface area contributed by atoms with E-state index in [1.807, 2.05) is 42.5 Å². The van der Waals surface area contributed by atoms with Gasteiger partial charge >= 0.3 is 0 Å². The lowest BCUT2D eigenvalue weighted by atomic mass is 10.0. The van der Waals surface area contributed by atoms with Crippen molar-refractivity contribution in [2.24, 2.45) is 4.99 Å². The normalized spacial score (nSPS) is 11.5. The van der Waals surface area contributed by atoms with Crippen LogP contribution in [0.4, 0.5) is 5.69 Å². The standard InChI is InChI=1S/C23H22N4O/c1-23(2,28)16-27-22-19(15-25-27)20(13-14-24-22)26-21(17-9-5-3-6-10-17)18-11-7-4-8-12-18/h3-15,28H,16H2,1-2H3. The highest BCUT2D eigenvalue weighted by atomic mass is 16.3. The first-order valence-electron chi connectivity index (χ1n) is 9.24. The van der Waals surface area contributed by atoms with Gasteiger partial charge < -0.3 is 5.11 Å². The van der Waals surface area contributed by atoms with Gasteiger partial charge in [0.25, 0.3) is 0 Å². The van der Waals surface area contributed by atoms with Crippen molar-refractivity contribution < 1.29 is 5.11 Å². The van der Waals surface area contributed by atoms with Gasteiger partial charge in [-0.25, -0.2) is 14.7 Å². The lowest BCUT2D eigenvalue weighted by molar-refractivity contribution is 0.0589. The molecule has 0 atom stereocenters. The van der Waals surface area contributed by atoms with E-state index in [9.17, 15) is 5.11 Å². The first-order valence-corrected chi connectivity index (χ1v) is 9.24. The molecule has 140 valence electrons. The molecule has 28 heavy (non-hydrogen) atoms. The van der Waals surface area contributed by atoms with Gasteiger partial charge in [0.1, 0.15) is 0 Å². The lowest BCUT2D eigenvalue weighted by Gasteiger charge is -2.17. The van der Waals surface area contributed by atoms with Crippen molar-refractivity contribution in [1.82, 2.24) is 14.8 Å². The highest BCUT2D eigenvalue weighted by molar-refractivity contribution is 6.14. The molecule has 1 N–H and O–H groups in total. The van der Waals surface area contributed by atoms with E-state index < -0.39 is 5.60 Å². The third kappa shape index (κ3) is 3.85. The molecule has 2 aromatic heterocycles. The molecule has 0 amide bonds. The fourth-order valence-electron chi connectivity index (χ4n) is 3.15. The molecule has 0 radical (unpaired) electrons. The number of aliphatic hydroxyl groups is 1. The van der Waals surface area contributed by atoms with Gasteiger partial charge in [0.15, 0.2) is 5.65 Å². The van der Waals surface area contributed by atoms with E-state index in [2.05, 4.69) is 34.3 Å². The molecule has 0 spiro atoms. The Morgan fingerprint density at radius 3 is 2.14 bits per heavy atom. The lowest BCUT2D eigenvalue weighted by Crippen LogP contribution is -2.26. The quantitative estimate of drug-likeness (QED) is 0.531. The molecule has 0 aliphatic heterocycles. The number of benzene rings is 2. The van der Waals surface area contributed by atoms with Gasteiger partial charge in [-0.3, -0.25) is 0 Å². The largest absolute Gasteiger partial charge is 0.389 e. The number of fused-ring (bicyclic) bond motifs is 1. The van der Waals surface area contributed by atoms with Gasteiger partial charge in [0.2, 0.25) is 0 Å². The monoisotopic (exact) mass is 370 g/mol. The van der Waals surface area contributed by atoms with Crippen LogP contribution in [0, 0.1) is 0 Å². The van der Waals surface area contributed by atoms with Crippen molar-refractivity contribution in [3.63, 3.8) is 0 Å².